The Bertz CT molecular complexity index is 944. The fourth-order valence-corrected chi connectivity index (χ4v) is 4.37. The number of nitrogens with zero attached hydrogens (tertiary/aromatic N) is 1. The Hall–Kier alpha value is -2.48. The highest BCUT2D eigenvalue weighted by Crippen LogP contribution is 2.26. The number of hydrogen-bond acceptors (Lipinski definition) is 1. The van der Waals surface area contributed by atoms with Gasteiger partial charge in [-0.05, 0) is 54.5 Å². The van der Waals surface area contributed by atoms with E-state index in [9.17, 15) is 4.39 Å². The lowest BCUT2D eigenvalue weighted by Crippen LogP contribution is -1.94. The number of benzene rings is 2. The fourth-order valence-electron chi connectivity index (χ4n) is 4.37. The molecule has 0 bridgehead atoms. The summed E-state index contributed by atoms with van der Waals surface area (Å²) in [5.41, 5.74) is 5.78. The topological polar surface area (TPSA) is 12.9 Å². The van der Waals surface area contributed by atoms with Crippen molar-refractivity contribution >= 4 is 0 Å². The molecule has 0 spiro atoms. The third-order valence-electron chi connectivity index (χ3n) is 6.50. The number of halogens is 1. The molecule has 0 saturated heterocycles. The quantitative estimate of drug-likeness (QED) is 0.178. The number of rotatable bonds is 14. The van der Waals surface area contributed by atoms with Crippen LogP contribution in [0.5, 0.6) is 0 Å². The van der Waals surface area contributed by atoms with Gasteiger partial charge in [-0.25, -0.2) is 4.98 Å². The SMILES string of the molecule is CCCCCCCc1ccc(-c2ccc(-c3ccc(CCCCCCC)cc3)c(F)n2)cc1. The van der Waals surface area contributed by atoms with Gasteiger partial charge in [-0.15, -0.1) is 0 Å². The van der Waals surface area contributed by atoms with E-state index in [1.807, 2.05) is 24.3 Å². The van der Waals surface area contributed by atoms with E-state index in [1.54, 1.807) is 0 Å². The highest BCUT2D eigenvalue weighted by molar-refractivity contribution is 5.67. The van der Waals surface area contributed by atoms with Gasteiger partial charge < -0.3 is 0 Å². The second-order valence-electron chi connectivity index (χ2n) is 9.26. The van der Waals surface area contributed by atoms with Gasteiger partial charge in [0, 0.05) is 11.1 Å². The molecule has 176 valence electrons. The first-order valence-electron chi connectivity index (χ1n) is 13.1. The maximum atomic E-state index is 14.9. The molecule has 2 aromatic carbocycles. The van der Waals surface area contributed by atoms with Crippen LogP contribution in [0.4, 0.5) is 4.39 Å². The Balaban J connectivity index is 1.57. The van der Waals surface area contributed by atoms with E-state index < -0.39 is 5.95 Å². The zero-order valence-electron chi connectivity index (χ0n) is 20.6. The highest BCUT2D eigenvalue weighted by Gasteiger charge is 2.09. The predicted molar refractivity (Wildman–Crippen MR) is 140 cm³/mol. The first kappa shape index (κ1) is 25.1. The highest BCUT2D eigenvalue weighted by atomic mass is 19.1. The van der Waals surface area contributed by atoms with Crippen molar-refractivity contribution in [2.45, 2.75) is 90.9 Å². The molecule has 0 unspecified atom stereocenters. The molecule has 33 heavy (non-hydrogen) atoms. The third-order valence-corrected chi connectivity index (χ3v) is 6.50. The van der Waals surface area contributed by atoms with Gasteiger partial charge in [-0.2, -0.15) is 4.39 Å². The van der Waals surface area contributed by atoms with Gasteiger partial charge in [-0.1, -0.05) is 114 Å². The van der Waals surface area contributed by atoms with Crippen LogP contribution in [0, 0.1) is 5.95 Å². The van der Waals surface area contributed by atoms with E-state index in [0.717, 1.165) is 24.0 Å². The number of unbranched alkanes of at least 4 members (excludes halogenated alkanes) is 8. The summed E-state index contributed by atoms with van der Waals surface area (Å²) >= 11 is 0. The van der Waals surface area contributed by atoms with Gasteiger partial charge in [-0.3, -0.25) is 0 Å². The van der Waals surface area contributed by atoms with Crippen molar-refractivity contribution in [2.24, 2.45) is 0 Å². The first-order chi connectivity index (χ1) is 16.2. The predicted octanol–water partition coefficient (Wildman–Crippen LogP) is 9.58. The summed E-state index contributed by atoms with van der Waals surface area (Å²) in [6.07, 6.45) is 15.1. The summed E-state index contributed by atoms with van der Waals surface area (Å²) in [5.74, 6) is -0.403. The Labute approximate surface area is 200 Å². The lowest BCUT2D eigenvalue weighted by Gasteiger charge is -2.08. The molecule has 0 aliphatic carbocycles. The fraction of sp³-hybridized carbons (Fsp3) is 0.452. The van der Waals surface area contributed by atoms with Crippen LogP contribution < -0.4 is 0 Å². The van der Waals surface area contributed by atoms with E-state index in [0.29, 0.717) is 11.3 Å². The van der Waals surface area contributed by atoms with Crippen LogP contribution in [-0.4, -0.2) is 4.98 Å². The van der Waals surface area contributed by atoms with E-state index in [-0.39, 0.29) is 0 Å². The van der Waals surface area contributed by atoms with Crippen LogP contribution in [0.1, 0.15) is 89.2 Å². The molecule has 3 rings (SSSR count). The van der Waals surface area contributed by atoms with Crippen LogP contribution in [0.15, 0.2) is 60.7 Å². The molecule has 0 fully saturated rings. The molecule has 1 nitrogen and oxygen atoms in total. The average molecular weight is 446 g/mol. The van der Waals surface area contributed by atoms with Crippen molar-refractivity contribution in [1.82, 2.24) is 4.98 Å². The largest absolute Gasteiger partial charge is 0.221 e. The number of aromatic nitrogens is 1. The van der Waals surface area contributed by atoms with Crippen LogP contribution in [-0.2, 0) is 12.8 Å². The lowest BCUT2D eigenvalue weighted by molar-refractivity contribution is 0.589. The van der Waals surface area contributed by atoms with Gasteiger partial charge in [0.15, 0.2) is 0 Å². The van der Waals surface area contributed by atoms with E-state index >= 15 is 0 Å². The summed E-state index contributed by atoms with van der Waals surface area (Å²) in [7, 11) is 0. The van der Waals surface area contributed by atoms with Crippen molar-refractivity contribution < 1.29 is 4.39 Å². The molecule has 0 aliphatic heterocycles. The Kier molecular flexibility index (Phi) is 10.6. The molecule has 2 heteroatoms. The maximum Gasteiger partial charge on any atom is 0.221 e. The van der Waals surface area contributed by atoms with Crippen molar-refractivity contribution in [1.29, 1.82) is 0 Å². The Morgan fingerprint density at radius 3 is 1.52 bits per heavy atom. The molecule has 0 amide bonds. The smallest absolute Gasteiger partial charge is 0.219 e. The first-order valence-corrected chi connectivity index (χ1v) is 13.1. The van der Waals surface area contributed by atoms with Crippen molar-refractivity contribution in [2.75, 3.05) is 0 Å². The molecule has 1 aromatic heterocycles. The maximum absolute atomic E-state index is 14.9. The monoisotopic (exact) mass is 445 g/mol. The van der Waals surface area contributed by atoms with Crippen LogP contribution in [0.3, 0.4) is 0 Å². The summed E-state index contributed by atoms with van der Waals surface area (Å²) in [6.45, 7) is 4.49. The Morgan fingerprint density at radius 2 is 1.03 bits per heavy atom. The number of hydrogen-bond donors (Lipinski definition) is 0. The minimum atomic E-state index is -0.403. The van der Waals surface area contributed by atoms with Gasteiger partial charge in [0.05, 0.1) is 5.69 Å². The normalized spacial score (nSPS) is 11.1. The molecule has 1 heterocycles. The van der Waals surface area contributed by atoms with Gasteiger partial charge >= 0.3 is 0 Å². The third kappa shape index (κ3) is 8.11. The van der Waals surface area contributed by atoms with Gasteiger partial charge in [0.25, 0.3) is 0 Å². The second kappa shape index (κ2) is 13.9. The van der Waals surface area contributed by atoms with Crippen LogP contribution in [0.2, 0.25) is 0 Å². The van der Waals surface area contributed by atoms with Crippen molar-refractivity contribution in [3.63, 3.8) is 0 Å². The summed E-state index contributed by atoms with van der Waals surface area (Å²) < 4.78 is 14.9. The Morgan fingerprint density at radius 1 is 0.545 bits per heavy atom. The number of aryl methyl sites for hydroxylation is 2. The average Bonchev–Trinajstić information content (AvgIpc) is 2.85. The summed E-state index contributed by atoms with van der Waals surface area (Å²) in [6, 6.07) is 20.5. The van der Waals surface area contributed by atoms with Crippen molar-refractivity contribution in [3.8, 4) is 22.4 Å². The van der Waals surface area contributed by atoms with E-state index in [4.69, 9.17) is 0 Å². The number of pyridine rings is 1. The van der Waals surface area contributed by atoms with Crippen LogP contribution in [0.25, 0.3) is 22.4 Å². The molecule has 0 N–H and O–H groups in total. The summed E-state index contributed by atoms with van der Waals surface area (Å²) in [4.78, 5) is 4.28. The molecule has 0 saturated carbocycles. The minimum absolute atomic E-state index is 0.403. The van der Waals surface area contributed by atoms with Gasteiger partial charge in [0.2, 0.25) is 5.95 Å². The lowest BCUT2D eigenvalue weighted by atomic mass is 10.0. The van der Waals surface area contributed by atoms with Crippen LogP contribution >= 0.6 is 0 Å². The van der Waals surface area contributed by atoms with E-state index in [1.165, 1.54) is 75.3 Å². The molecular formula is C31H40FN. The second-order valence-corrected chi connectivity index (χ2v) is 9.26. The van der Waals surface area contributed by atoms with E-state index in [2.05, 4.69) is 55.2 Å². The standard InChI is InChI=1S/C31H40FN/c1-3-5-7-9-11-13-25-15-19-27(20-16-25)29-23-24-30(33-31(29)32)28-21-17-26(18-22-28)14-12-10-8-6-4-2/h15-24H,3-14H2,1-2H3. The molecular weight excluding hydrogens is 405 g/mol. The molecule has 0 aliphatic rings. The zero-order valence-corrected chi connectivity index (χ0v) is 20.6. The van der Waals surface area contributed by atoms with Gasteiger partial charge in [0.1, 0.15) is 0 Å². The van der Waals surface area contributed by atoms with Crippen molar-refractivity contribution in [3.05, 3.63) is 77.7 Å². The molecule has 3 aromatic rings. The molecule has 0 atom stereocenters. The molecule has 0 radical (unpaired) electrons. The summed E-state index contributed by atoms with van der Waals surface area (Å²) in [5, 5.41) is 0. The minimum Gasteiger partial charge on any atom is -0.219 e. The zero-order chi connectivity index (χ0) is 23.3.